The Bertz CT molecular complexity index is 1160. The van der Waals surface area contributed by atoms with E-state index in [1.807, 2.05) is 19.9 Å². The molecule has 2 aliphatic rings. The summed E-state index contributed by atoms with van der Waals surface area (Å²) in [5.41, 5.74) is 2.43. The Hall–Kier alpha value is -3.57. The van der Waals surface area contributed by atoms with Gasteiger partial charge in [0.25, 0.3) is 0 Å². The second-order valence-corrected chi connectivity index (χ2v) is 11.3. The quantitative estimate of drug-likeness (QED) is 0.320. The van der Waals surface area contributed by atoms with E-state index >= 15 is 0 Å². The van der Waals surface area contributed by atoms with Gasteiger partial charge in [0.1, 0.15) is 11.8 Å². The first-order valence-corrected chi connectivity index (χ1v) is 14.8. The first-order chi connectivity index (χ1) is 20.1. The molecule has 1 aromatic carbocycles. The topological polar surface area (TPSA) is 108 Å². The maximum Gasteiger partial charge on any atom is 0.573 e. The van der Waals surface area contributed by atoms with Gasteiger partial charge in [0, 0.05) is 49.2 Å². The zero-order valence-corrected chi connectivity index (χ0v) is 24.3. The number of amides is 2. The Balaban J connectivity index is 1.27. The van der Waals surface area contributed by atoms with Gasteiger partial charge in [0.15, 0.2) is 0 Å². The van der Waals surface area contributed by atoms with Gasteiger partial charge in [0.05, 0.1) is 0 Å². The van der Waals surface area contributed by atoms with Crippen molar-refractivity contribution >= 4 is 23.5 Å². The number of nitrogens with zero attached hydrogens (tertiary/aromatic N) is 3. The normalized spacial score (nSPS) is 17.4. The molecule has 42 heavy (non-hydrogen) atoms. The summed E-state index contributed by atoms with van der Waals surface area (Å²) >= 11 is 0. The SMILES string of the molecule is Cc1cc(C)nc(N2CCC(C(=O)N[C@@H](CC3CCCCC3)C(=O)NCCNc3ccc(OC(F)(F)F)cc3)CC2)n1. The molecule has 1 atom stereocenters. The van der Waals surface area contributed by atoms with Crippen LogP contribution in [0.15, 0.2) is 30.3 Å². The van der Waals surface area contributed by atoms with Gasteiger partial charge in [-0.25, -0.2) is 9.97 Å². The fourth-order valence-electron chi connectivity index (χ4n) is 5.76. The van der Waals surface area contributed by atoms with Crippen LogP contribution >= 0.6 is 0 Å². The Labute approximate surface area is 245 Å². The van der Waals surface area contributed by atoms with Crippen molar-refractivity contribution < 1.29 is 27.5 Å². The lowest BCUT2D eigenvalue weighted by Crippen LogP contribution is -2.51. The Morgan fingerprint density at radius 3 is 2.24 bits per heavy atom. The molecular formula is C30H41F3N6O3. The molecule has 3 N–H and O–H groups in total. The molecule has 0 bridgehead atoms. The van der Waals surface area contributed by atoms with Gasteiger partial charge >= 0.3 is 6.36 Å². The van der Waals surface area contributed by atoms with E-state index in [1.54, 1.807) is 0 Å². The lowest BCUT2D eigenvalue weighted by molar-refractivity contribution is -0.274. The van der Waals surface area contributed by atoms with Crippen LogP contribution in [0, 0.1) is 25.7 Å². The monoisotopic (exact) mass is 590 g/mol. The minimum atomic E-state index is -4.74. The maximum atomic E-state index is 13.3. The second-order valence-electron chi connectivity index (χ2n) is 11.3. The van der Waals surface area contributed by atoms with Gasteiger partial charge in [-0.2, -0.15) is 0 Å². The average Bonchev–Trinajstić information content (AvgIpc) is 2.95. The van der Waals surface area contributed by atoms with Gasteiger partial charge in [-0.3, -0.25) is 9.59 Å². The molecule has 12 heteroatoms. The van der Waals surface area contributed by atoms with Gasteiger partial charge in [0.2, 0.25) is 17.8 Å². The summed E-state index contributed by atoms with van der Waals surface area (Å²) in [6, 6.07) is 6.73. The number of piperidine rings is 1. The van der Waals surface area contributed by atoms with E-state index in [1.165, 1.54) is 30.7 Å². The molecule has 9 nitrogen and oxygen atoms in total. The van der Waals surface area contributed by atoms with E-state index in [-0.39, 0.29) is 23.5 Å². The van der Waals surface area contributed by atoms with Crippen LogP contribution in [0.2, 0.25) is 0 Å². The van der Waals surface area contributed by atoms with Crippen molar-refractivity contribution in [3.63, 3.8) is 0 Å². The molecule has 0 spiro atoms. The van der Waals surface area contributed by atoms with E-state index in [4.69, 9.17) is 0 Å². The number of hydrogen-bond acceptors (Lipinski definition) is 7. The molecule has 2 aromatic rings. The number of halogens is 3. The number of aryl methyl sites for hydroxylation is 2. The summed E-state index contributed by atoms with van der Waals surface area (Å²) in [5.74, 6) is 0.303. The number of ether oxygens (including phenoxy) is 1. The molecule has 2 heterocycles. The Morgan fingerprint density at radius 2 is 1.62 bits per heavy atom. The van der Waals surface area contributed by atoms with Crippen LogP contribution in [0.1, 0.15) is 62.8 Å². The Morgan fingerprint density at radius 1 is 0.976 bits per heavy atom. The molecule has 2 amide bonds. The summed E-state index contributed by atoms with van der Waals surface area (Å²) in [5, 5.41) is 9.05. The van der Waals surface area contributed by atoms with Crippen molar-refractivity contribution in [2.75, 3.05) is 36.4 Å². The maximum absolute atomic E-state index is 13.3. The second kappa shape index (κ2) is 14.6. The number of carbonyl (C=O) groups excluding carboxylic acids is 2. The van der Waals surface area contributed by atoms with Crippen LogP contribution in [-0.2, 0) is 9.59 Å². The van der Waals surface area contributed by atoms with Crippen LogP contribution in [0.25, 0.3) is 0 Å². The molecule has 0 unspecified atom stereocenters. The van der Waals surface area contributed by atoms with Crippen LogP contribution in [0.4, 0.5) is 24.8 Å². The lowest BCUT2D eigenvalue weighted by Gasteiger charge is -2.33. The highest BCUT2D eigenvalue weighted by atomic mass is 19.4. The molecule has 1 aliphatic heterocycles. The fraction of sp³-hybridized carbons (Fsp3) is 0.600. The molecule has 1 saturated carbocycles. The van der Waals surface area contributed by atoms with E-state index in [2.05, 4.69) is 35.6 Å². The number of rotatable bonds is 11. The smallest absolute Gasteiger partial charge is 0.406 e. The first kappa shape index (κ1) is 31.4. The summed E-state index contributed by atoms with van der Waals surface area (Å²) < 4.78 is 41.0. The van der Waals surface area contributed by atoms with Crippen LogP contribution in [-0.4, -0.2) is 60.4 Å². The molecule has 1 aromatic heterocycles. The lowest BCUT2D eigenvalue weighted by atomic mass is 9.84. The van der Waals surface area contributed by atoms with Gasteiger partial charge < -0.3 is 25.6 Å². The third-order valence-corrected chi connectivity index (χ3v) is 7.89. The predicted octanol–water partition coefficient (Wildman–Crippen LogP) is 4.89. The molecule has 230 valence electrons. The largest absolute Gasteiger partial charge is 0.573 e. The summed E-state index contributed by atoms with van der Waals surface area (Å²) in [4.78, 5) is 37.7. The highest BCUT2D eigenvalue weighted by Gasteiger charge is 2.32. The van der Waals surface area contributed by atoms with E-state index in [0.717, 1.165) is 37.1 Å². The number of hydrogen-bond donors (Lipinski definition) is 3. The number of carbonyl (C=O) groups is 2. The van der Waals surface area contributed by atoms with Crippen molar-refractivity contribution in [3.8, 4) is 5.75 Å². The summed E-state index contributed by atoms with van der Waals surface area (Å²) in [6.45, 7) is 5.91. The average molecular weight is 591 g/mol. The standard InChI is InChI=1S/C30H41F3N6O3/c1-20-18-21(2)37-29(36-20)39-16-12-23(13-17-39)27(40)38-26(19-22-6-4-3-5-7-22)28(41)35-15-14-34-24-8-10-25(11-9-24)42-30(31,32)33/h8-11,18,22-23,26,34H,3-7,12-17,19H2,1-2H3,(H,35,41)(H,38,40)/t26-/m0/s1. The third-order valence-electron chi connectivity index (χ3n) is 7.89. The zero-order chi connectivity index (χ0) is 30.1. The molecular weight excluding hydrogens is 549 g/mol. The van der Waals surface area contributed by atoms with Gasteiger partial charge in [-0.1, -0.05) is 32.1 Å². The van der Waals surface area contributed by atoms with E-state index < -0.39 is 12.4 Å². The Kier molecular flexibility index (Phi) is 10.9. The zero-order valence-electron chi connectivity index (χ0n) is 24.3. The van der Waals surface area contributed by atoms with E-state index in [9.17, 15) is 22.8 Å². The molecule has 0 radical (unpaired) electrons. The predicted molar refractivity (Wildman–Crippen MR) is 154 cm³/mol. The van der Waals surface area contributed by atoms with Crippen molar-refractivity contribution in [1.29, 1.82) is 0 Å². The minimum Gasteiger partial charge on any atom is -0.406 e. The van der Waals surface area contributed by atoms with Crippen molar-refractivity contribution in [1.82, 2.24) is 20.6 Å². The molecule has 1 saturated heterocycles. The first-order valence-electron chi connectivity index (χ1n) is 14.8. The molecule has 1 aliphatic carbocycles. The van der Waals surface area contributed by atoms with Crippen molar-refractivity contribution in [2.45, 2.75) is 77.6 Å². The number of anilines is 2. The molecule has 2 fully saturated rings. The summed E-state index contributed by atoms with van der Waals surface area (Å²) in [7, 11) is 0. The van der Waals surface area contributed by atoms with Crippen molar-refractivity contribution in [2.24, 2.45) is 11.8 Å². The number of alkyl halides is 3. The summed E-state index contributed by atoms with van der Waals surface area (Å²) in [6.07, 6.45) is 2.81. The fourth-order valence-corrected chi connectivity index (χ4v) is 5.76. The van der Waals surface area contributed by atoms with Gasteiger partial charge in [-0.15, -0.1) is 13.2 Å². The number of nitrogens with one attached hydrogen (secondary N) is 3. The minimum absolute atomic E-state index is 0.0914. The number of aromatic nitrogens is 2. The van der Waals surface area contributed by atoms with Crippen LogP contribution < -0.4 is 25.6 Å². The molecule has 4 rings (SSSR count). The third kappa shape index (κ3) is 9.77. The van der Waals surface area contributed by atoms with Crippen molar-refractivity contribution in [3.05, 3.63) is 41.7 Å². The van der Waals surface area contributed by atoms with E-state index in [0.29, 0.717) is 63.0 Å². The highest BCUT2D eigenvalue weighted by Crippen LogP contribution is 2.28. The number of benzene rings is 1. The van der Waals surface area contributed by atoms with Crippen LogP contribution in [0.3, 0.4) is 0 Å². The van der Waals surface area contributed by atoms with Crippen LogP contribution in [0.5, 0.6) is 5.75 Å². The van der Waals surface area contributed by atoms with Gasteiger partial charge in [-0.05, 0) is 69.4 Å². The highest BCUT2D eigenvalue weighted by molar-refractivity contribution is 5.88.